The standard InChI is InChI=1S/C82H160O17P2/c1-6-10-13-16-19-22-25-28-30-32-33-34-35-37-40-43-46-53-58-63-68-82(87)98-77(71-92-79(84)65-60-55-50-44-41-39-36-31-29-26-23-20-17-14-11-7-2)73-96-100(88,89)94-69-76(83)70-95-101(90,91)97-74-78(72-93-80(85)66-61-56-51-48-47-49-54-59-64-75(5)9-4)99-81(86)67-62-57-52-45-42-38-27-24-21-18-15-12-8-3/h75-78,83H,6-74H2,1-5H3,(H,88,89)(H,90,91)/t75?,76-,77-,78-/m1/s1. The number of hydrogen-bond acceptors (Lipinski definition) is 15. The predicted octanol–water partition coefficient (Wildman–Crippen LogP) is 24.8. The molecule has 0 aliphatic rings. The molecule has 0 saturated carbocycles. The van der Waals surface area contributed by atoms with Gasteiger partial charge in [-0.2, -0.15) is 0 Å². The molecule has 101 heavy (non-hydrogen) atoms. The number of aliphatic hydroxyl groups excluding tert-OH is 1. The lowest BCUT2D eigenvalue weighted by molar-refractivity contribution is -0.161. The van der Waals surface area contributed by atoms with E-state index in [1.165, 1.54) is 263 Å². The normalized spacial score (nSPS) is 14.1. The highest BCUT2D eigenvalue weighted by atomic mass is 31.2. The van der Waals surface area contributed by atoms with Gasteiger partial charge in [-0.1, -0.05) is 388 Å². The zero-order valence-electron chi connectivity index (χ0n) is 66.1. The van der Waals surface area contributed by atoms with Crippen LogP contribution in [0.4, 0.5) is 0 Å². The molecule has 0 aliphatic carbocycles. The van der Waals surface area contributed by atoms with Crippen LogP contribution in [0.3, 0.4) is 0 Å². The van der Waals surface area contributed by atoms with E-state index in [0.29, 0.717) is 25.7 Å². The largest absolute Gasteiger partial charge is 0.472 e. The third-order valence-corrected chi connectivity index (χ3v) is 21.5. The van der Waals surface area contributed by atoms with Crippen LogP contribution < -0.4 is 0 Å². The Labute approximate surface area is 619 Å². The van der Waals surface area contributed by atoms with Crippen LogP contribution in [0.15, 0.2) is 0 Å². The van der Waals surface area contributed by atoms with Crippen molar-refractivity contribution in [2.45, 2.75) is 457 Å². The molecule has 3 N–H and O–H groups in total. The first kappa shape index (κ1) is 99.1. The van der Waals surface area contributed by atoms with Gasteiger partial charge in [0.25, 0.3) is 0 Å². The summed E-state index contributed by atoms with van der Waals surface area (Å²) in [5, 5.41) is 10.7. The summed E-state index contributed by atoms with van der Waals surface area (Å²) in [4.78, 5) is 73.1. The maximum atomic E-state index is 13.1. The molecule has 0 aromatic rings. The van der Waals surface area contributed by atoms with Gasteiger partial charge in [0.05, 0.1) is 26.4 Å². The number of ether oxygens (including phenoxy) is 4. The van der Waals surface area contributed by atoms with Crippen LogP contribution in [0.2, 0.25) is 0 Å². The van der Waals surface area contributed by atoms with E-state index in [2.05, 4.69) is 34.6 Å². The maximum Gasteiger partial charge on any atom is 0.472 e. The number of phosphoric acid groups is 2. The Morgan fingerprint density at radius 3 is 0.703 bits per heavy atom. The minimum Gasteiger partial charge on any atom is -0.462 e. The monoisotopic (exact) mass is 1480 g/mol. The van der Waals surface area contributed by atoms with Crippen LogP contribution in [0, 0.1) is 5.92 Å². The minimum absolute atomic E-state index is 0.108. The molecular weight excluding hydrogens is 1320 g/mol. The summed E-state index contributed by atoms with van der Waals surface area (Å²) >= 11 is 0. The first-order valence-electron chi connectivity index (χ1n) is 42.7. The van der Waals surface area contributed by atoms with Crippen molar-refractivity contribution in [1.82, 2.24) is 0 Å². The van der Waals surface area contributed by atoms with Crippen LogP contribution in [-0.2, 0) is 65.4 Å². The van der Waals surface area contributed by atoms with Gasteiger partial charge in [-0.3, -0.25) is 37.3 Å². The lowest BCUT2D eigenvalue weighted by Crippen LogP contribution is -2.30. The summed E-state index contributed by atoms with van der Waals surface area (Å²) in [7, 11) is -9.92. The van der Waals surface area contributed by atoms with Gasteiger partial charge in [0.15, 0.2) is 12.2 Å². The Kier molecular flexibility index (Phi) is 73.5. The molecule has 0 heterocycles. The van der Waals surface area contributed by atoms with Crippen molar-refractivity contribution in [1.29, 1.82) is 0 Å². The van der Waals surface area contributed by atoms with Crippen molar-refractivity contribution in [3.63, 3.8) is 0 Å². The number of unbranched alkanes of at least 4 members (excludes halogenated alkanes) is 53. The molecule has 17 nitrogen and oxygen atoms in total. The summed E-state index contributed by atoms with van der Waals surface area (Å²) in [6.07, 6.45) is 66.5. The Hall–Kier alpha value is -1.94. The van der Waals surface area contributed by atoms with Crippen molar-refractivity contribution in [3.8, 4) is 0 Å². The minimum atomic E-state index is -4.96. The first-order valence-corrected chi connectivity index (χ1v) is 45.7. The quantitative estimate of drug-likeness (QED) is 0.0222. The summed E-state index contributed by atoms with van der Waals surface area (Å²) in [6.45, 7) is 7.34. The van der Waals surface area contributed by atoms with Crippen molar-refractivity contribution in [2.24, 2.45) is 5.92 Å². The predicted molar refractivity (Wildman–Crippen MR) is 414 cm³/mol. The van der Waals surface area contributed by atoms with Crippen molar-refractivity contribution >= 4 is 39.5 Å². The zero-order chi connectivity index (χ0) is 74.1. The third-order valence-electron chi connectivity index (χ3n) is 19.6. The van der Waals surface area contributed by atoms with Gasteiger partial charge < -0.3 is 33.8 Å². The van der Waals surface area contributed by atoms with Gasteiger partial charge in [0.1, 0.15) is 19.3 Å². The molecule has 0 aromatic heterocycles. The fourth-order valence-corrected chi connectivity index (χ4v) is 14.3. The van der Waals surface area contributed by atoms with E-state index in [4.69, 9.17) is 37.0 Å². The topological polar surface area (TPSA) is 237 Å². The van der Waals surface area contributed by atoms with Gasteiger partial charge in [-0.15, -0.1) is 0 Å². The number of carbonyl (C=O) groups is 4. The fourth-order valence-electron chi connectivity index (χ4n) is 12.7. The zero-order valence-corrected chi connectivity index (χ0v) is 67.8. The molecule has 0 aliphatic heterocycles. The second-order valence-corrected chi connectivity index (χ2v) is 32.7. The number of aliphatic hydroxyl groups is 1. The van der Waals surface area contributed by atoms with E-state index < -0.39 is 97.5 Å². The molecule has 0 saturated heterocycles. The summed E-state index contributed by atoms with van der Waals surface area (Å²) in [5.74, 6) is -1.33. The molecule has 19 heteroatoms. The lowest BCUT2D eigenvalue weighted by Gasteiger charge is -2.21. The maximum absolute atomic E-state index is 13.1. The van der Waals surface area contributed by atoms with Gasteiger partial charge in [0, 0.05) is 25.7 Å². The van der Waals surface area contributed by atoms with E-state index in [0.717, 1.165) is 95.8 Å². The Morgan fingerprint density at radius 2 is 0.475 bits per heavy atom. The second-order valence-electron chi connectivity index (χ2n) is 29.8. The van der Waals surface area contributed by atoms with E-state index in [9.17, 15) is 43.2 Å². The lowest BCUT2D eigenvalue weighted by atomic mass is 9.99. The number of rotatable bonds is 82. The molecule has 0 rings (SSSR count). The molecule has 3 unspecified atom stereocenters. The number of hydrogen-bond donors (Lipinski definition) is 3. The van der Waals surface area contributed by atoms with Crippen molar-refractivity contribution in [3.05, 3.63) is 0 Å². The molecule has 0 fully saturated rings. The first-order chi connectivity index (χ1) is 49.1. The SMILES string of the molecule is CCCCCCCCCCCCCCCCCCCCCCC(=O)O[C@H](COC(=O)CCCCCCCCCCCCCCCCCC)COP(=O)(O)OC[C@@H](O)COP(=O)(O)OC[C@@H](COC(=O)CCCCCCCCCCC(C)CC)OC(=O)CCCCCCCCCCCCCCC. The Morgan fingerprint density at radius 1 is 0.277 bits per heavy atom. The molecule has 600 valence electrons. The Balaban J connectivity index is 5.24. The molecular formula is C82H160O17P2. The number of esters is 4. The van der Waals surface area contributed by atoms with E-state index in [1.807, 2.05) is 0 Å². The van der Waals surface area contributed by atoms with E-state index in [-0.39, 0.29) is 25.7 Å². The summed E-state index contributed by atoms with van der Waals surface area (Å²) < 4.78 is 68.8. The van der Waals surface area contributed by atoms with Crippen molar-refractivity contribution < 1.29 is 80.2 Å². The van der Waals surface area contributed by atoms with Crippen LogP contribution in [-0.4, -0.2) is 96.7 Å². The smallest absolute Gasteiger partial charge is 0.462 e. The van der Waals surface area contributed by atoms with Crippen LogP contribution in [0.25, 0.3) is 0 Å². The Bertz CT molecular complexity index is 1930. The average molecular weight is 1480 g/mol. The molecule has 0 bridgehead atoms. The summed E-state index contributed by atoms with van der Waals surface area (Å²) in [5.41, 5.74) is 0. The summed E-state index contributed by atoms with van der Waals surface area (Å²) in [6, 6.07) is 0. The van der Waals surface area contributed by atoms with Crippen molar-refractivity contribution in [2.75, 3.05) is 39.6 Å². The van der Waals surface area contributed by atoms with Crippen LogP contribution in [0.1, 0.15) is 439 Å². The highest BCUT2D eigenvalue weighted by Crippen LogP contribution is 2.45. The third kappa shape index (κ3) is 74.7. The molecule has 0 radical (unpaired) electrons. The number of phosphoric ester groups is 2. The van der Waals surface area contributed by atoms with Gasteiger partial charge in [-0.05, 0) is 31.6 Å². The molecule has 6 atom stereocenters. The van der Waals surface area contributed by atoms with Crippen LogP contribution >= 0.6 is 15.6 Å². The van der Waals surface area contributed by atoms with Gasteiger partial charge in [0.2, 0.25) is 0 Å². The average Bonchev–Trinajstić information content (AvgIpc) is 0.945. The molecule has 0 amide bonds. The fraction of sp³-hybridized carbons (Fsp3) is 0.951. The highest BCUT2D eigenvalue weighted by molar-refractivity contribution is 7.47. The second kappa shape index (κ2) is 74.9. The van der Waals surface area contributed by atoms with E-state index >= 15 is 0 Å². The number of carbonyl (C=O) groups excluding carboxylic acids is 4. The van der Waals surface area contributed by atoms with Gasteiger partial charge in [-0.25, -0.2) is 9.13 Å². The molecule has 0 aromatic carbocycles. The van der Waals surface area contributed by atoms with E-state index in [1.54, 1.807) is 0 Å². The molecule has 0 spiro atoms. The van der Waals surface area contributed by atoms with Crippen LogP contribution in [0.5, 0.6) is 0 Å². The van der Waals surface area contributed by atoms with Gasteiger partial charge >= 0.3 is 39.5 Å². The highest BCUT2D eigenvalue weighted by Gasteiger charge is 2.30.